The molecule has 102 valence electrons. The summed E-state index contributed by atoms with van der Waals surface area (Å²) in [6, 6.07) is 7.11. The van der Waals surface area contributed by atoms with Gasteiger partial charge in [-0.2, -0.15) is 0 Å². The van der Waals surface area contributed by atoms with Crippen LogP contribution in [-0.2, 0) is 9.59 Å². The van der Waals surface area contributed by atoms with Crippen LogP contribution in [0.3, 0.4) is 0 Å². The lowest BCUT2D eigenvalue weighted by atomic mass is 10.00. The average molecular weight is 265 g/mol. The Hall–Kier alpha value is -2.21. The maximum atomic E-state index is 11.9. The van der Waals surface area contributed by atoms with Crippen molar-refractivity contribution in [3.8, 4) is 0 Å². The number of hydrogen-bond donors (Lipinski definition) is 3. The Labute approximate surface area is 110 Å². The Balaban J connectivity index is 2.80. The van der Waals surface area contributed by atoms with E-state index in [0.29, 0.717) is 5.56 Å². The van der Waals surface area contributed by atoms with Gasteiger partial charge in [-0.1, -0.05) is 30.3 Å². The third kappa shape index (κ3) is 4.51. The highest BCUT2D eigenvalue weighted by Crippen LogP contribution is 2.08. The third-order valence-corrected chi connectivity index (χ3v) is 2.52. The van der Waals surface area contributed by atoms with Crippen LogP contribution in [0.25, 0.3) is 0 Å². The van der Waals surface area contributed by atoms with E-state index in [2.05, 4.69) is 5.32 Å². The first-order chi connectivity index (χ1) is 8.91. The van der Waals surface area contributed by atoms with Crippen molar-refractivity contribution in [1.29, 1.82) is 0 Å². The van der Waals surface area contributed by atoms with Crippen molar-refractivity contribution in [3.05, 3.63) is 35.9 Å². The lowest BCUT2D eigenvalue weighted by Crippen LogP contribution is -2.47. The molecule has 0 bridgehead atoms. The fourth-order valence-electron chi connectivity index (χ4n) is 1.62. The topological polar surface area (TPSA) is 104 Å². The number of aliphatic hydroxyl groups is 1. The Morgan fingerprint density at radius 1 is 1.21 bits per heavy atom. The molecule has 1 aromatic carbocycles. The van der Waals surface area contributed by atoms with E-state index in [1.165, 1.54) is 6.92 Å². The highest BCUT2D eigenvalue weighted by molar-refractivity contribution is 5.97. The number of aliphatic hydroxyl groups excluding tert-OH is 1. The number of carboxylic acid groups (broad SMARTS) is 1. The van der Waals surface area contributed by atoms with Crippen molar-refractivity contribution in [2.24, 2.45) is 0 Å². The molecule has 1 aromatic rings. The molecule has 2 unspecified atom stereocenters. The highest BCUT2D eigenvalue weighted by Gasteiger charge is 2.28. The summed E-state index contributed by atoms with van der Waals surface area (Å²) in [5, 5.41) is 20.5. The number of hydrogen-bond acceptors (Lipinski definition) is 4. The van der Waals surface area contributed by atoms with Crippen LogP contribution in [0.1, 0.15) is 23.7 Å². The molecule has 2 atom stereocenters. The van der Waals surface area contributed by atoms with Crippen molar-refractivity contribution in [1.82, 2.24) is 5.32 Å². The van der Waals surface area contributed by atoms with Gasteiger partial charge in [0.15, 0.2) is 11.9 Å². The molecule has 0 aromatic heterocycles. The number of carbonyl (C=O) groups excluding carboxylic acids is 2. The first-order valence-corrected chi connectivity index (χ1v) is 5.68. The van der Waals surface area contributed by atoms with Crippen LogP contribution < -0.4 is 5.32 Å². The number of ketones is 1. The lowest BCUT2D eigenvalue weighted by Gasteiger charge is -2.20. The van der Waals surface area contributed by atoms with Gasteiger partial charge >= 0.3 is 5.97 Å². The van der Waals surface area contributed by atoms with Crippen LogP contribution in [0.5, 0.6) is 0 Å². The molecule has 6 nitrogen and oxygen atoms in total. The van der Waals surface area contributed by atoms with Gasteiger partial charge in [-0.15, -0.1) is 0 Å². The van der Waals surface area contributed by atoms with Crippen LogP contribution in [0.2, 0.25) is 0 Å². The standard InChI is InChI=1S/C13H15NO5/c1-8(15)14-10(12(17)13(18)19)7-11(16)9-5-3-2-4-6-9/h2-6,10,12,17H,7H2,1H3,(H,14,15)(H,18,19). The molecule has 0 radical (unpaired) electrons. The number of carbonyl (C=O) groups is 3. The molecule has 0 fully saturated rings. The van der Waals surface area contributed by atoms with E-state index in [1.54, 1.807) is 30.3 Å². The summed E-state index contributed by atoms with van der Waals surface area (Å²) >= 11 is 0. The number of amides is 1. The zero-order chi connectivity index (χ0) is 14.4. The van der Waals surface area contributed by atoms with Crippen molar-refractivity contribution < 1.29 is 24.6 Å². The average Bonchev–Trinajstić information content (AvgIpc) is 2.37. The molecule has 1 rings (SSSR count). The van der Waals surface area contributed by atoms with Crippen LogP contribution in [0.4, 0.5) is 0 Å². The van der Waals surface area contributed by atoms with Crippen molar-refractivity contribution in [3.63, 3.8) is 0 Å². The van der Waals surface area contributed by atoms with Crippen LogP contribution >= 0.6 is 0 Å². The molecule has 0 spiro atoms. The van der Waals surface area contributed by atoms with Gasteiger partial charge in [0, 0.05) is 18.9 Å². The van der Waals surface area contributed by atoms with Crippen molar-refractivity contribution in [2.75, 3.05) is 0 Å². The Morgan fingerprint density at radius 2 is 1.79 bits per heavy atom. The molecule has 0 saturated carbocycles. The largest absolute Gasteiger partial charge is 0.479 e. The van der Waals surface area contributed by atoms with E-state index in [9.17, 15) is 19.5 Å². The molecule has 0 aliphatic heterocycles. The fraction of sp³-hybridized carbons (Fsp3) is 0.308. The normalized spacial score (nSPS) is 13.4. The smallest absolute Gasteiger partial charge is 0.334 e. The predicted octanol–water partition coefficient (Wildman–Crippen LogP) is 0.210. The number of carboxylic acids is 1. The predicted molar refractivity (Wildman–Crippen MR) is 66.6 cm³/mol. The number of aliphatic carboxylic acids is 1. The van der Waals surface area contributed by atoms with E-state index < -0.39 is 24.0 Å². The summed E-state index contributed by atoms with van der Waals surface area (Å²) in [4.78, 5) is 33.6. The van der Waals surface area contributed by atoms with Crippen LogP contribution in [-0.4, -0.2) is 40.0 Å². The van der Waals surface area contributed by atoms with Gasteiger partial charge in [-0.25, -0.2) is 4.79 Å². The Bertz CT molecular complexity index is 471. The number of benzene rings is 1. The summed E-state index contributed by atoms with van der Waals surface area (Å²) in [7, 11) is 0. The van der Waals surface area contributed by atoms with Gasteiger partial charge in [0.2, 0.25) is 5.91 Å². The zero-order valence-electron chi connectivity index (χ0n) is 10.4. The minimum absolute atomic E-state index is 0.281. The van der Waals surface area contributed by atoms with Crippen LogP contribution in [0, 0.1) is 0 Å². The maximum absolute atomic E-state index is 11.9. The SMILES string of the molecule is CC(=O)NC(CC(=O)c1ccccc1)C(O)C(=O)O. The Kier molecular flexibility index (Phi) is 5.20. The van der Waals surface area contributed by atoms with Crippen molar-refractivity contribution in [2.45, 2.75) is 25.5 Å². The molecule has 3 N–H and O–H groups in total. The summed E-state index contributed by atoms with van der Waals surface area (Å²) in [6.45, 7) is 1.19. The number of nitrogens with one attached hydrogen (secondary N) is 1. The minimum atomic E-state index is -1.82. The molecule has 0 aliphatic carbocycles. The second kappa shape index (κ2) is 6.65. The van der Waals surface area contributed by atoms with E-state index in [4.69, 9.17) is 5.11 Å². The fourth-order valence-corrected chi connectivity index (χ4v) is 1.62. The number of rotatable bonds is 6. The lowest BCUT2D eigenvalue weighted by molar-refractivity contribution is -0.148. The Morgan fingerprint density at radius 3 is 2.26 bits per heavy atom. The molecular weight excluding hydrogens is 250 g/mol. The molecule has 0 heterocycles. The second-order valence-corrected chi connectivity index (χ2v) is 4.08. The van der Waals surface area contributed by atoms with E-state index in [1.807, 2.05) is 0 Å². The van der Waals surface area contributed by atoms with Gasteiger partial charge in [0.25, 0.3) is 0 Å². The highest BCUT2D eigenvalue weighted by atomic mass is 16.4. The summed E-state index contributed by atoms with van der Waals surface area (Å²) in [6.07, 6.45) is -2.10. The minimum Gasteiger partial charge on any atom is -0.479 e. The second-order valence-electron chi connectivity index (χ2n) is 4.08. The monoisotopic (exact) mass is 265 g/mol. The van der Waals surface area contributed by atoms with E-state index in [-0.39, 0.29) is 12.2 Å². The number of Topliss-reactive ketones (excluding diaryl/α,β-unsaturated/α-hetero) is 1. The van der Waals surface area contributed by atoms with Gasteiger partial charge < -0.3 is 15.5 Å². The molecule has 0 aliphatic rings. The molecule has 1 amide bonds. The molecule has 0 saturated heterocycles. The van der Waals surface area contributed by atoms with E-state index in [0.717, 1.165) is 0 Å². The third-order valence-electron chi connectivity index (χ3n) is 2.52. The first kappa shape index (κ1) is 14.8. The maximum Gasteiger partial charge on any atom is 0.334 e. The first-order valence-electron chi connectivity index (χ1n) is 5.68. The van der Waals surface area contributed by atoms with Gasteiger partial charge in [-0.05, 0) is 0 Å². The molecular formula is C13H15NO5. The zero-order valence-corrected chi connectivity index (χ0v) is 10.4. The van der Waals surface area contributed by atoms with Gasteiger partial charge in [0.05, 0.1) is 6.04 Å². The summed E-state index contributed by atoms with van der Waals surface area (Å²) in [5.74, 6) is -2.34. The van der Waals surface area contributed by atoms with Gasteiger partial charge in [-0.3, -0.25) is 9.59 Å². The van der Waals surface area contributed by atoms with E-state index >= 15 is 0 Å². The van der Waals surface area contributed by atoms with Crippen molar-refractivity contribution >= 4 is 17.7 Å². The quantitative estimate of drug-likeness (QED) is 0.638. The molecule has 6 heteroatoms. The van der Waals surface area contributed by atoms with Crippen LogP contribution in [0.15, 0.2) is 30.3 Å². The molecule has 19 heavy (non-hydrogen) atoms. The summed E-state index contributed by atoms with van der Waals surface area (Å²) < 4.78 is 0. The summed E-state index contributed by atoms with van der Waals surface area (Å²) in [5.41, 5.74) is 0.399. The van der Waals surface area contributed by atoms with Gasteiger partial charge in [0.1, 0.15) is 0 Å².